The monoisotopic (exact) mass is 271 g/mol. The number of rotatable bonds is 1. The molecule has 1 aliphatic rings. The molecule has 0 unspecified atom stereocenters. The molecule has 0 aromatic heterocycles. The standard InChI is InChI=1S/C14H10ClN3O/c15-10-6-7-12-11(8-10)14(19)18-17-13(16-12)9-4-2-1-3-5-9/h1-8H,(H,16,17)(H,18,19). The average molecular weight is 272 g/mol. The van der Waals surface area contributed by atoms with Crippen molar-refractivity contribution in [3.63, 3.8) is 0 Å². The molecule has 1 heterocycles. The van der Waals surface area contributed by atoms with Gasteiger partial charge in [0, 0.05) is 10.6 Å². The Morgan fingerprint density at radius 2 is 1.79 bits per heavy atom. The first-order valence-corrected chi connectivity index (χ1v) is 6.12. The first-order chi connectivity index (χ1) is 9.24. The van der Waals surface area contributed by atoms with Crippen LogP contribution in [0.4, 0.5) is 5.69 Å². The summed E-state index contributed by atoms with van der Waals surface area (Å²) in [5.41, 5.74) is 7.35. The van der Waals surface area contributed by atoms with Gasteiger partial charge < -0.3 is 0 Å². The first kappa shape index (κ1) is 11.7. The lowest BCUT2D eigenvalue weighted by Gasteiger charge is -2.07. The Morgan fingerprint density at radius 1 is 1.00 bits per heavy atom. The van der Waals surface area contributed by atoms with Crippen molar-refractivity contribution in [1.29, 1.82) is 0 Å². The first-order valence-electron chi connectivity index (χ1n) is 5.74. The number of amides is 1. The summed E-state index contributed by atoms with van der Waals surface area (Å²) in [7, 11) is 0. The number of carbonyl (C=O) groups is 1. The van der Waals surface area contributed by atoms with E-state index >= 15 is 0 Å². The number of carbonyl (C=O) groups excluding carboxylic acids is 1. The molecule has 2 aromatic rings. The molecule has 0 aliphatic carbocycles. The van der Waals surface area contributed by atoms with Crippen molar-refractivity contribution in [2.24, 2.45) is 4.99 Å². The second kappa shape index (κ2) is 4.74. The number of amidine groups is 1. The second-order valence-electron chi connectivity index (χ2n) is 4.07. The highest BCUT2D eigenvalue weighted by Crippen LogP contribution is 2.25. The van der Waals surface area contributed by atoms with Gasteiger partial charge >= 0.3 is 0 Å². The van der Waals surface area contributed by atoms with Gasteiger partial charge in [0.2, 0.25) is 0 Å². The van der Waals surface area contributed by atoms with Crippen LogP contribution in [0.3, 0.4) is 0 Å². The van der Waals surface area contributed by atoms with E-state index < -0.39 is 0 Å². The van der Waals surface area contributed by atoms with Gasteiger partial charge in [-0.25, -0.2) is 4.99 Å². The Morgan fingerprint density at radius 3 is 2.58 bits per heavy atom. The summed E-state index contributed by atoms with van der Waals surface area (Å²) in [6, 6.07) is 14.6. The number of nitrogens with zero attached hydrogens (tertiary/aromatic N) is 1. The van der Waals surface area contributed by atoms with Crippen LogP contribution in [-0.4, -0.2) is 11.7 Å². The molecule has 0 bridgehead atoms. The van der Waals surface area contributed by atoms with Gasteiger partial charge in [0.25, 0.3) is 5.91 Å². The average Bonchev–Trinajstić information content (AvgIpc) is 2.60. The highest BCUT2D eigenvalue weighted by Gasteiger charge is 2.17. The Balaban J connectivity index is 2.11. The highest BCUT2D eigenvalue weighted by atomic mass is 35.5. The zero-order chi connectivity index (χ0) is 13.2. The van der Waals surface area contributed by atoms with E-state index in [4.69, 9.17) is 11.6 Å². The van der Waals surface area contributed by atoms with Gasteiger partial charge in [0.05, 0.1) is 11.3 Å². The van der Waals surface area contributed by atoms with E-state index in [1.807, 2.05) is 30.3 Å². The van der Waals surface area contributed by atoms with Gasteiger partial charge in [-0.1, -0.05) is 41.9 Å². The predicted molar refractivity (Wildman–Crippen MR) is 74.7 cm³/mol. The topological polar surface area (TPSA) is 53.5 Å². The number of hydrazine groups is 1. The summed E-state index contributed by atoms with van der Waals surface area (Å²) in [5.74, 6) is 0.335. The van der Waals surface area contributed by atoms with E-state index in [1.165, 1.54) is 0 Å². The second-order valence-corrected chi connectivity index (χ2v) is 4.50. The molecule has 0 radical (unpaired) electrons. The molecule has 19 heavy (non-hydrogen) atoms. The van der Waals surface area contributed by atoms with Crippen LogP contribution in [-0.2, 0) is 0 Å². The number of hydrogen-bond acceptors (Lipinski definition) is 3. The summed E-state index contributed by atoms with van der Waals surface area (Å²) < 4.78 is 0. The molecule has 4 nitrogen and oxygen atoms in total. The molecule has 0 fully saturated rings. The molecule has 0 saturated heterocycles. The van der Waals surface area contributed by atoms with Gasteiger partial charge in [-0.2, -0.15) is 0 Å². The maximum atomic E-state index is 11.9. The molecule has 0 saturated carbocycles. The van der Waals surface area contributed by atoms with Crippen molar-refractivity contribution in [3.8, 4) is 0 Å². The molecule has 2 N–H and O–H groups in total. The van der Waals surface area contributed by atoms with Crippen LogP contribution in [0, 0.1) is 0 Å². The van der Waals surface area contributed by atoms with Crippen molar-refractivity contribution in [1.82, 2.24) is 10.9 Å². The van der Waals surface area contributed by atoms with E-state index in [9.17, 15) is 4.79 Å². The maximum Gasteiger partial charge on any atom is 0.271 e. The number of nitrogens with one attached hydrogen (secondary N) is 2. The summed E-state index contributed by atoms with van der Waals surface area (Å²) in [6.07, 6.45) is 0. The highest BCUT2D eigenvalue weighted by molar-refractivity contribution is 6.31. The molecule has 5 heteroatoms. The van der Waals surface area contributed by atoms with Crippen LogP contribution in [0.5, 0.6) is 0 Å². The molecule has 3 rings (SSSR count). The molecule has 1 amide bonds. The van der Waals surface area contributed by atoms with Gasteiger partial charge in [-0.15, -0.1) is 0 Å². The predicted octanol–water partition coefficient (Wildman–Crippen LogP) is 2.67. The van der Waals surface area contributed by atoms with Crippen molar-refractivity contribution in [3.05, 3.63) is 64.7 Å². The zero-order valence-corrected chi connectivity index (χ0v) is 10.6. The maximum absolute atomic E-state index is 11.9. The third kappa shape index (κ3) is 2.30. The fraction of sp³-hybridized carbons (Fsp3) is 0. The van der Waals surface area contributed by atoms with Crippen molar-refractivity contribution >= 4 is 29.0 Å². The molecule has 0 atom stereocenters. The smallest absolute Gasteiger partial charge is 0.271 e. The van der Waals surface area contributed by atoms with Gasteiger partial charge in [0.15, 0.2) is 5.84 Å². The molecular formula is C14H10ClN3O. The van der Waals surface area contributed by atoms with Crippen LogP contribution in [0.2, 0.25) is 5.02 Å². The number of halogens is 1. The summed E-state index contributed by atoms with van der Waals surface area (Å²) in [4.78, 5) is 16.4. The Bertz CT molecular complexity index is 668. The Kier molecular flexibility index (Phi) is 2.93. The van der Waals surface area contributed by atoms with Gasteiger partial charge in [0.1, 0.15) is 0 Å². The fourth-order valence-electron chi connectivity index (χ4n) is 1.85. The van der Waals surface area contributed by atoms with Crippen molar-refractivity contribution in [2.75, 3.05) is 0 Å². The minimum Gasteiger partial charge on any atom is -0.281 e. The van der Waals surface area contributed by atoms with Crippen LogP contribution >= 0.6 is 11.6 Å². The lowest BCUT2D eigenvalue weighted by atomic mass is 10.1. The van der Waals surface area contributed by atoms with Crippen molar-refractivity contribution in [2.45, 2.75) is 0 Å². The third-order valence-electron chi connectivity index (χ3n) is 2.78. The molecule has 0 spiro atoms. The summed E-state index contributed by atoms with van der Waals surface area (Å²) in [6.45, 7) is 0. The third-order valence-corrected chi connectivity index (χ3v) is 3.01. The van der Waals surface area contributed by atoms with Crippen LogP contribution in [0.1, 0.15) is 15.9 Å². The molecule has 1 aliphatic heterocycles. The number of fused-ring (bicyclic) bond motifs is 1. The molecular weight excluding hydrogens is 262 g/mol. The van der Waals surface area contributed by atoms with Crippen LogP contribution in [0.15, 0.2) is 53.5 Å². The van der Waals surface area contributed by atoms with Crippen LogP contribution < -0.4 is 10.9 Å². The van der Waals surface area contributed by atoms with E-state index in [2.05, 4.69) is 15.8 Å². The van der Waals surface area contributed by atoms with E-state index in [0.717, 1.165) is 5.56 Å². The van der Waals surface area contributed by atoms with Crippen molar-refractivity contribution < 1.29 is 4.79 Å². The van der Waals surface area contributed by atoms with Gasteiger partial charge in [-0.3, -0.25) is 15.6 Å². The number of aliphatic imine (C=N–C) groups is 1. The quantitative estimate of drug-likeness (QED) is 0.838. The van der Waals surface area contributed by atoms with E-state index in [1.54, 1.807) is 18.2 Å². The largest absolute Gasteiger partial charge is 0.281 e. The zero-order valence-electron chi connectivity index (χ0n) is 9.85. The SMILES string of the molecule is O=C1NNC(c2ccccc2)=Nc2ccc(Cl)cc21. The minimum atomic E-state index is -0.257. The Hall–Kier alpha value is -2.33. The summed E-state index contributed by atoms with van der Waals surface area (Å²) in [5, 5.41) is 0.507. The van der Waals surface area contributed by atoms with E-state index in [0.29, 0.717) is 22.1 Å². The normalized spacial score (nSPS) is 13.7. The van der Waals surface area contributed by atoms with Gasteiger partial charge in [-0.05, 0) is 18.2 Å². The lowest BCUT2D eigenvalue weighted by Crippen LogP contribution is -2.40. The molecule has 94 valence electrons. The van der Waals surface area contributed by atoms with Crippen LogP contribution in [0.25, 0.3) is 0 Å². The summed E-state index contributed by atoms with van der Waals surface area (Å²) >= 11 is 5.90. The number of hydrogen-bond donors (Lipinski definition) is 2. The lowest BCUT2D eigenvalue weighted by molar-refractivity contribution is 0.0946. The number of benzene rings is 2. The minimum absolute atomic E-state index is 0.257. The Labute approximate surface area is 115 Å². The molecule has 2 aromatic carbocycles. The van der Waals surface area contributed by atoms with E-state index in [-0.39, 0.29) is 5.91 Å². The fourth-order valence-corrected chi connectivity index (χ4v) is 2.02.